The van der Waals surface area contributed by atoms with Crippen LogP contribution >= 0.6 is 0 Å². The van der Waals surface area contributed by atoms with Gasteiger partial charge in [0.2, 0.25) is 0 Å². The molecule has 0 fully saturated rings. The molecule has 2 aromatic rings. The molecule has 3 heteroatoms. The number of benzene rings is 1. The number of nitrogens with zero attached hydrogens (tertiary/aromatic N) is 2. The third kappa shape index (κ3) is 1.88. The zero-order valence-electron chi connectivity index (χ0n) is 8.14. The van der Waals surface area contributed by atoms with E-state index in [0.717, 1.165) is 17.5 Å². The molecule has 0 aliphatic rings. The Bertz CT molecular complexity index is 437. The first-order chi connectivity index (χ1) is 6.75. The number of fused-ring (bicyclic) bond motifs is 1. The van der Waals surface area contributed by atoms with Gasteiger partial charge in [0.1, 0.15) is 0 Å². The molecule has 0 aliphatic heterocycles. The van der Waals surface area contributed by atoms with Crippen molar-refractivity contribution >= 4 is 11.0 Å². The Morgan fingerprint density at radius 3 is 2.64 bits per heavy atom. The number of aromatic nitrogens is 2. The van der Waals surface area contributed by atoms with E-state index in [9.17, 15) is 0 Å². The fourth-order valence-corrected chi connectivity index (χ4v) is 1.51. The van der Waals surface area contributed by atoms with Gasteiger partial charge < -0.3 is 5.73 Å². The molecule has 0 aliphatic carbocycles. The van der Waals surface area contributed by atoms with Gasteiger partial charge in [-0.2, -0.15) is 0 Å². The predicted molar refractivity (Wildman–Crippen MR) is 56.9 cm³/mol. The van der Waals surface area contributed by atoms with E-state index in [0.29, 0.717) is 0 Å². The van der Waals surface area contributed by atoms with Crippen LogP contribution in [0.15, 0.2) is 30.6 Å². The summed E-state index contributed by atoms with van der Waals surface area (Å²) in [5.74, 6) is 0. The standard InChI is InChI=1S/C11H13N3/c1-8(12)6-9-2-3-10-11(7-9)14-5-4-13-10/h2-5,7-8H,6,12H2,1H3. The molecule has 0 amide bonds. The predicted octanol–water partition coefficient (Wildman–Crippen LogP) is 1.52. The molecule has 0 radical (unpaired) electrons. The monoisotopic (exact) mass is 187 g/mol. The molecule has 1 atom stereocenters. The second kappa shape index (κ2) is 3.72. The van der Waals surface area contributed by atoms with E-state index in [1.807, 2.05) is 19.1 Å². The first-order valence-electron chi connectivity index (χ1n) is 4.71. The summed E-state index contributed by atoms with van der Waals surface area (Å²) in [6.07, 6.45) is 4.29. The molecule has 14 heavy (non-hydrogen) atoms. The molecule has 3 nitrogen and oxygen atoms in total. The van der Waals surface area contributed by atoms with Crippen LogP contribution in [0.5, 0.6) is 0 Å². The molecule has 0 saturated heterocycles. The second-order valence-corrected chi connectivity index (χ2v) is 3.56. The molecule has 72 valence electrons. The largest absolute Gasteiger partial charge is 0.328 e. The molecule has 2 rings (SSSR count). The van der Waals surface area contributed by atoms with Crippen LogP contribution in [0.1, 0.15) is 12.5 Å². The first kappa shape index (κ1) is 9.09. The van der Waals surface area contributed by atoms with Gasteiger partial charge in [0.15, 0.2) is 0 Å². The summed E-state index contributed by atoms with van der Waals surface area (Å²) in [7, 11) is 0. The van der Waals surface area contributed by atoms with E-state index in [1.165, 1.54) is 5.56 Å². The third-order valence-electron chi connectivity index (χ3n) is 2.09. The number of hydrogen-bond donors (Lipinski definition) is 1. The molecule has 2 N–H and O–H groups in total. The minimum absolute atomic E-state index is 0.184. The molecular formula is C11H13N3. The number of nitrogens with two attached hydrogens (primary N) is 1. The Morgan fingerprint density at radius 1 is 1.21 bits per heavy atom. The van der Waals surface area contributed by atoms with E-state index in [4.69, 9.17) is 5.73 Å². The Hall–Kier alpha value is -1.48. The van der Waals surface area contributed by atoms with Crippen molar-refractivity contribution in [3.8, 4) is 0 Å². The van der Waals surface area contributed by atoms with Gasteiger partial charge in [0.25, 0.3) is 0 Å². The lowest BCUT2D eigenvalue weighted by atomic mass is 10.1. The fourth-order valence-electron chi connectivity index (χ4n) is 1.51. The molecule has 1 unspecified atom stereocenters. The van der Waals surface area contributed by atoms with Crippen LogP contribution in [0.2, 0.25) is 0 Å². The summed E-state index contributed by atoms with van der Waals surface area (Å²) in [5, 5.41) is 0. The maximum Gasteiger partial charge on any atom is 0.0889 e. The SMILES string of the molecule is CC(N)Cc1ccc2nccnc2c1. The van der Waals surface area contributed by atoms with Gasteiger partial charge in [-0.05, 0) is 31.0 Å². The summed E-state index contributed by atoms with van der Waals surface area (Å²) in [4.78, 5) is 8.45. The maximum absolute atomic E-state index is 5.73. The normalized spacial score (nSPS) is 13.0. The quantitative estimate of drug-likeness (QED) is 0.775. The highest BCUT2D eigenvalue weighted by molar-refractivity contribution is 5.74. The van der Waals surface area contributed by atoms with Crippen molar-refractivity contribution in [2.24, 2.45) is 5.73 Å². The van der Waals surface area contributed by atoms with Crippen LogP contribution in [0, 0.1) is 0 Å². The average Bonchev–Trinajstić information content (AvgIpc) is 2.17. The first-order valence-corrected chi connectivity index (χ1v) is 4.71. The van der Waals surface area contributed by atoms with Crippen molar-refractivity contribution in [2.45, 2.75) is 19.4 Å². The smallest absolute Gasteiger partial charge is 0.0889 e. The van der Waals surface area contributed by atoms with Gasteiger partial charge in [-0.1, -0.05) is 6.07 Å². The highest BCUT2D eigenvalue weighted by atomic mass is 14.8. The highest BCUT2D eigenvalue weighted by Crippen LogP contribution is 2.11. The number of rotatable bonds is 2. The van der Waals surface area contributed by atoms with Gasteiger partial charge >= 0.3 is 0 Å². The van der Waals surface area contributed by atoms with Crippen LogP contribution in [0.25, 0.3) is 11.0 Å². The molecule has 0 spiro atoms. The van der Waals surface area contributed by atoms with Crippen molar-refractivity contribution in [2.75, 3.05) is 0 Å². The summed E-state index contributed by atoms with van der Waals surface area (Å²) < 4.78 is 0. The second-order valence-electron chi connectivity index (χ2n) is 3.56. The topological polar surface area (TPSA) is 51.8 Å². The van der Waals surface area contributed by atoms with Crippen LogP contribution in [-0.2, 0) is 6.42 Å². The fraction of sp³-hybridized carbons (Fsp3) is 0.273. The minimum Gasteiger partial charge on any atom is -0.328 e. The molecule has 0 saturated carbocycles. The minimum atomic E-state index is 0.184. The van der Waals surface area contributed by atoms with Gasteiger partial charge in [-0.3, -0.25) is 9.97 Å². The van der Waals surface area contributed by atoms with Gasteiger partial charge in [-0.15, -0.1) is 0 Å². The van der Waals surface area contributed by atoms with Crippen molar-refractivity contribution < 1.29 is 0 Å². The van der Waals surface area contributed by atoms with Crippen molar-refractivity contribution in [3.05, 3.63) is 36.2 Å². The van der Waals surface area contributed by atoms with E-state index < -0.39 is 0 Å². The Kier molecular flexibility index (Phi) is 2.41. The van der Waals surface area contributed by atoms with Gasteiger partial charge in [0.05, 0.1) is 11.0 Å². The van der Waals surface area contributed by atoms with Gasteiger partial charge in [0, 0.05) is 18.4 Å². The lowest BCUT2D eigenvalue weighted by Gasteiger charge is -2.05. The molecule has 1 aromatic heterocycles. The summed E-state index contributed by atoms with van der Waals surface area (Å²) >= 11 is 0. The Balaban J connectivity index is 2.41. The van der Waals surface area contributed by atoms with Crippen molar-refractivity contribution in [3.63, 3.8) is 0 Å². The zero-order chi connectivity index (χ0) is 9.97. The van der Waals surface area contributed by atoms with Crippen LogP contribution < -0.4 is 5.73 Å². The Labute approximate surface area is 83.0 Å². The van der Waals surface area contributed by atoms with Crippen molar-refractivity contribution in [1.29, 1.82) is 0 Å². The summed E-state index contributed by atoms with van der Waals surface area (Å²) in [6.45, 7) is 2.00. The van der Waals surface area contributed by atoms with Crippen LogP contribution in [0.4, 0.5) is 0 Å². The Morgan fingerprint density at radius 2 is 1.93 bits per heavy atom. The van der Waals surface area contributed by atoms with Gasteiger partial charge in [-0.25, -0.2) is 0 Å². The lowest BCUT2D eigenvalue weighted by Crippen LogP contribution is -2.17. The third-order valence-corrected chi connectivity index (χ3v) is 2.09. The summed E-state index contributed by atoms with van der Waals surface area (Å²) in [6, 6.07) is 6.27. The molecule has 1 heterocycles. The average molecular weight is 187 g/mol. The zero-order valence-corrected chi connectivity index (χ0v) is 8.14. The molecule has 0 bridgehead atoms. The van der Waals surface area contributed by atoms with E-state index in [1.54, 1.807) is 12.4 Å². The summed E-state index contributed by atoms with van der Waals surface area (Å²) in [5.41, 5.74) is 8.82. The van der Waals surface area contributed by atoms with Crippen LogP contribution in [0.3, 0.4) is 0 Å². The maximum atomic E-state index is 5.73. The number of hydrogen-bond acceptors (Lipinski definition) is 3. The highest BCUT2D eigenvalue weighted by Gasteiger charge is 2.00. The van der Waals surface area contributed by atoms with Crippen LogP contribution in [-0.4, -0.2) is 16.0 Å². The molecular weight excluding hydrogens is 174 g/mol. The van der Waals surface area contributed by atoms with E-state index >= 15 is 0 Å². The van der Waals surface area contributed by atoms with Crippen molar-refractivity contribution in [1.82, 2.24) is 9.97 Å². The van der Waals surface area contributed by atoms with E-state index in [-0.39, 0.29) is 6.04 Å². The molecule has 1 aromatic carbocycles. The van der Waals surface area contributed by atoms with E-state index in [2.05, 4.69) is 16.0 Å². The lowest BCUT2D eigenvalue weighted by molar-refractivity contribution is 0.738.